The Morgan fingerprint density at radius 3 is 2.57 bits per heavy atom. The van der Waals surface area contributed by atoms with Gasteiger partial charge >= 0.3 is 0 Å². The summed E-state index contributed by atoms with van der Waals surface area (Å²) in [4.78, 5) is 28.5. The van der Waals surface area contributed by atoms with Crippen LogP contribution in [-0.2, 0) is 4.79 Å². The van der Waals surface area contributed by atoms with Crippen molar-refractivity contribution in [1.29, 1.82) is 5.41 Å². The van der Waals surface area contributed by atoms with Gasteiger partial charge in [-0.25, -0.2) is 14.4 Å². The second-order valence-corrected chi connectivity index (χ2v) is 5.64. The number of anilines is 1. The van der Waals surface area contributed by atoms with Crippen molar-refractivity contribution < 1.29 is 13.9 Å². The number of carbonyl (C=O) groups excluding carboxylic acids is 1. The van der Waals surface area contributed by atoms with E-state index in [1.807, 2.05) is 0 Å². The molecule has 1 unspecified atom stereocenters. The molecule has 0 saturated carbocycles. The van der Waals surface area contributed by atoms with Crippen LogP contribution in [0.2, 0.25) is 0 Å². The topological polar surface area (TPSA) is 140 Å². The normalized spacial score (nSPS) is 11.5. The molecule has 142 valence electrons. The molecule has 0 aliphatic carbocycles. The largest absolute Gasteiger partial charge is 0.494 e. The highest BCUT2D eigenvalue weighted by atomic mass is 19.1. The number of amides is 1. The Kier molecular flexibility index (Phi) is 5.49. The molecule has 3 aromatic heterocycles. The molecular formula is C18H16FN7O2. The van der Waals surface area contributed by atoms with E-state index in [0.717, 1.165) is 12.4 Å². The molecule has 0 aromatic carbocycles. The van der Waals surface area contributed by atoms with E-state index in [4.69, 9.17) is 15.9 Å². The molecule has 0 aliphatic heterocycles. The van der Waals surface area contributed by atoms with Crippen molar-refractivity contribution in [3.63, 3.8) is 0 Å². The van der Waals surface area contributed by atoms with Crippen molar-refractivity contribution >= 4 is 17.4 Å². The molecule has 1 amide bonds. The Bertz CT molecular complexity index is 997. The number of nitrogens with two attached hydrogens (primary N) is 1. The fourth-order valence-electron chi connectivity index (χ4n) is 2.57. The summed E-state index contributed by atoms with van der Waals surface area (Å²) >= 11 is 0. The highest BCUT2D eigenvalue weighted by Crippen LogP contribution is 2.35. The van der Waals surface area contributed by atoms with Crippen LogP contribution in [0.1, 0.15) is 11.7 Å². The molecule has 10 heteroatoms. The highest BCUT2D eigenvalue weighted by molar-refractivity contribution is 6.12. The van der Waals surface area contributed by atoms with Crippen molar-refractivity contribution in [1.82, 2.24) is 19.9 Å². The quantitative estimate of drug-likeness (QED) is 0.436. The van der Waals surface area contributed by atoms with Crippen LogP contribution in [0.4, 0.5) is 10.1 Å². The lowest BCUT2D eigenvalue weighted by molar-refractivity contribution is -0.116. The number of ether oxygens (including phenoxy) is 1. The Balaban J connectivity index is 1.99. The minimum absolute atomic E-state index is 0.0924. The van der Waals surface area contributed by atoms with Crippen molar-refractivity contribution in [2.45, 2.75) is 5.92 Å². The average molecular weight is 381 g/mol. The van der Waals surface area contributed by atoms with Crippen LogP contribution in [-0.4, -0.2) is 38.8 Å². The molecule has 1 atom stereocenters. The predicted molar refractivity (Wildman–Crippen MR) is 99.3 cm³/mol. The van der Waals surface area contributed by atoms with Crippen LogP contribution in [0.5, 0.6) is 5.75 Å². The molecule has 9 nitrogen and oxygen atoms in total. The zero-order valence-corrected chi connectivity index (χ0v) is 14.8. The fraction of sp³-hybridized carbons (Fsp3) is 0.111. The maximum Gasteiger partial charge on any atom is 0.242 e. The lowest BCUT2D eigenvalue weighted by Gasteiger charge is -2.17. The molecule has 3 rings (SSSR count). The van der Waals surface area contributed by atoms with E-state index in [2.05, 4.69) is 25.3 Å². The molecule has 0 bridgehead atoms. The van der Waals surface area contributed by atoms with E-state index in [1.165, 1.54) is 19.5 Å². The highest BCUT2D eigenvalue weighted by Gasteiger charge is 2.28. The average Bonchev–Trinajstić information content (AvgIpc) is 2.70. The minimum atomic E-state index is -1.30. The molecular weight excluding hydrogens is 365 g/mol. The number of aromatic nitrogens is 4. The van der Waals surface area contributed by atoms with Crippen molar-refractivity contribution in [3.8, 4) is 16.9 Å². The van der Waals surface area contributed by atoms with Gasteiger partial charge in [0.15, 0.2) is 11.7 Å². The first-order chi connectivity index (χ1) is 13.5. The molecule has 0 radical (unpaired) electrons. The number of methoxy groups -OCH3 is 1. The van der Waals surface area contributed by atoms with E-state index in [-0.39, 0.29) is 5.82 Å². The van der Waals surface area contributed by atoms with Gasteiger partial charge in [-0.1, -0.05) is 6.07 Å². The minimum Gasteiger partial charge on any atom is -0.494 e. The molecule has 0 saturated heterocycles. The van der Waals surface area contributed by atoms with Gasteiger partial charge in [0.2, 0.25) is 5.91 Å². The van der Waals surface area contributed by atoms with Crippen molar-refractivity contribution in [3.05, 3.63) is 61.0 Å². The summed E-state index contributed by atoms with van der Waals surface area (Å²) < 4.78 is 18.4. The first kappa shape index (κ1) is 18.8. The van der Waals surface area contributed by atoms with Crippen LogP contribution in [0.3, 0.4) is 0 Å². The van der Waals surface area contributed by atoms with E-state index < -0.39 is 23.5 Å². The Morgan fingerprint density at radius 2 is 1.96 bits per heavy atom. The summed E-state index contributed by atoms with van der Waals surface area (Å²) in [6, 6.07) is 3.54. The van der Waals surface area contributed by atoms with Gasteiger partial charge < -0.3 is 15.8 Å². The van der Waals surface area contributed by atoms with E-state index >= 15 is 0 Å². The lowest BCUT2D eigenvalue weighted by atomic mass is 10.0. The fourth-order valence-corrected chi connectivity index (χ4v) is 2.57. The first-order valence-corrected chi connectivity index (χ1v) is 8.06. The second-order valence-electron chi connectivity index (χ2n) is 5.64. The van der Waals surface area contributed by atoms with Crippen molar-refractivity contribution in [2.75, 3.05) is 12.4 Å². The molecule has 3 heterocycles. The third-order valence-corrected chi connectivity index (χ3v) is 3.81. The van der Waals surface area contributed by atoms with Gasteiger partial charge in [-0.05, 0) is 6.07 Å². The van der Waals surface area contributed by atoms with Gasteiger partial charge in [-0.3, -0.25) is 20.2 Å². The van der Waals surface area contributed by atoms with E-state index in [1.54, 1.807) is 24.5 Å². The number of nitrogens with one attached hydrogen (secondary N) is 2. The molecule has 28 heavy (non-hydrogen) atoms. The summed E-state index contributed by atoms with van der Waals surface area (Å²) in [6.07, 6.45) is 7.97. The second kappa shape index (κ2) is 8.16. The summed E-state index contributed by atoms with van der Waals surface area (Å²) in [5.41, 5.74) is 7.14. The maximum atomic E-state index is 13.1. The monoisotopic (exact) mass is 381 g/mol. The van der Waals surface area contributed by atoms with Gasteiger partial charge in [-0.2, -0.15) is 0 Å². The van der Waals surface area contributed by atoms with Gasteiger partial charge in [-0.15, -0.1) is 0 Å². The molecule has 3 aromatic rings. The Labute approximate surface area is 159 Å². The third kappa shape index (κ3) is 3.90. The van der Waals surface area contributed by atoms with E-state index in [9.17, 15) is 9.18 Å². The van der Waals surface area contributed by atoms with Crippen LogP contribution in [0.15, 0.2) is 49.3 Å². The van der Waals surface area contributed by atoms with Crippen molar-refractivity contribution in [2.24, 2.45) is 5.73 Å². The molecule has 4 N–H and O–H groups in total. The smallest absolute Gasteiger partial charge is 0.242 e. The summed E-state index contributed by atoms with van der Waals surface area (Å²) in [6.45, 7) is 0. The number of hydrogen-bond donors (Lipinski definition) is 3. The molecule has 0 spiro atoms. The summed E-state index contributed by atoms with van der Waals surface area (Å²) in [7, 11) is 1.48. The Morgan fingerprint density at radius 1 is 1.21 bits per heavy atom. The molecule has 0 aliphatic rings. The number of halogens is 1. The van der Waals surface area contributed by atoms with Gasteiger partial charge in [0.1, 0.15) is 17.4 Å². The van der Waals surface area contributed by atoms with Crippen LogP contribution < -0.4 is 15.8 Å². The number of rotatable bonds is 6. The van der Waals surface area contributed by atoms with Gasteiger partial charge in [0.25, 0.3) is 0 Å². The number of amidine groups is 1. The third-order valence-electron chi connectivity index (χ3n) is 3.81. The number of carbonyl (C=O) groups is 1. The standard InChI is InChI=1S/C18H16FN7O2/c1-28-13-9-23-8-12(14(13)10-3-2-4-22-5-10)26-18(27)15(16(20)21)17-24-6-11(19)7-25-17/h2-9,15H,1H3,(H3,20,21)(H,26,27). The summed E-state index contributed by atoms with van der Waals surface area (Å²) in [5.74, 6) is -2.79. The summed E-state index contributed by atoms with van der Waals surface area (Å²) in [5, 5.41) is 10.4. The van der Waals surface area contributed by atoms with Crippen LogP contribution in [0.25, 0.3) is 11.1 Å². The molecule has 0 fully saturated rings. The van der Waals surface area contributed by atoms with Gasteiger partial charge in [0, 0.05) is 18.0 Å². The number of hydrogen-bond acceptors (Lipinski definition) is 7. The SMILES string of the molecule is COc1cncc(NC(=O)C(C(=N)N)c2ncc(F)cn2)c1-c1cccnc1. The van der Waals surface area contributed by atoms with Crippen LogP contribution in [0, 0.1) is 11.2 Å². The zero-order chi connectivity index (χ0) is 20.1. The van der Waals surface area contributed by atoms with Crippen LogP contribution >= 0.6 is 0 Å². The number of pyridine rings is 2. The van der Waals surface area contributed by atoms with E-state index in [0.29, 0.717) is 22.6 Å². The lowest BCUT2D eigenvalue weighted by Crippen LogP contribution is -2.33. The Hall–Kier alpha value is -3.95. The number of nitrogens with zero attached hydrogens (tertiary/aromatic N) is 4. The zero-order valence-electron chi connectivity index (χ0n) is 14.8. The maximum absolute atomic E-state index is 13.1. The first-order valence-electron chi connectivity index (χ1n) is 8.06. The van der Waals surface area contributed by atoms with Gasteiger partial charge in [0.05, 0.1) is 43.1 Å². The predicted octanol–water partition coefficient (Wildman–Crippen LogP) is 1.74.